The van der Waals surface area contributed by atoms with Crippen LogP contribution in [0.2, 0.25) is 0 Å². The second kappa shape index (κ2) is 3.82. The Bertz CT molecular complexity index is 439. The number of para-hydroxylation sites is 2. The highest BCUT2D eigenvalue weighted by Gasteiger charge is 2.45. The van der Waals surface area contributed by atoms with Gasteiger partial charge in [-0.1, -0.05) is 12.1 Å². The van der Waals surface area contributed by atoms with E-state index in [1.54, 1.807) is 7.11 Å². The average molecular weight is 250 g/mol. The van der Waals surface area contributed by atoms with Crippen LogP contribution in [-0.2, 0) is 4.74 Å². The molecule has 1 fully saturated rings. The standard InChI is InChI=1S/C13H18N2OS/c1-12-7-13(16-2,9-17-8-12)15-11-6-4-3-5-10(11)14-12/h3-6,14-15H,7-9H2,1-2H3. The zero-order chi connectivity index (χ0) is 11.9. The molecule has 2 N–H and O–H groups in total. The lowest BCUT2D eigenvalue weighted by molar-refractivity contribution is 0.0147. The first kappa shape index (κ1) is 11.2. The Morgan fingerprint density at radius 3 is 2.59 bits per heavy atom. The molecule has 2 atom stereocenters. The molecule has 2 bridgehead atoms. The van der Waals surface area contributed by atoms with Crippen LogP contribution in [-0.4, -0.2) is 29.9 Å². The van der Waals surface area contributed by atoms with Gasteiger partial charge >= 0.3 is 0 Å². The summed E-state index contributed by atoms with van der Waals surface area (Å²) >= 11 is 1.94. The van der Waals surface area contributed by atoms with E-state index in [4.69, 9.17) is 4.74 Å². The highest BCUT2D eigenvalue weighted by atomic mass is 32.2. The summed E-state index contributed by atoms with van der Waals surface area (Å²) in [6.45, 7) is 2.27. The molecule has 1 aromatic rings. The molecule has 3 rings (SSSR count). The van der Waals surface area contributed by atoms with Crippen molar-refractivity contribution >= 4 is 23.1 Å². The number of anilines is 2. The molecule has 0 radical (unpaired) electrons. The van der Waals surface area contributed by atoms with Gasteiger partial charge in [-0.3, -0.25) is 0 Å². The molecule has 0 spiro atoms. The molecule has 1 saturated heterocycles. The molecule has 92 valence electrons. The summed E-state index contributed by atoms with van der Waals surface area (Å²) in [5.41, 5.74) is 2.17. The van der Waals surface area contributed by atoms with Gasteiger partial charge in [0.1, 0.15) is 5.72 Å². The fourth-order valence-electron chi connectivity index (χ4n) is 2.79. The van der Waals surface area contributed by atoms with Gasteiger partial charge in [0.2, 0.25) is 0 Å². The van der Waals surface area contributed by atoms with Crippen molar-refractivity contribution in [1.29, 1.82) is 0 Å². The molecule has 2 aliphatic rings. The summed E-state index contributed by atoms with van der Waals surface area (Å²) in [6, 6.07) is 8.36. The second-order valence-electron chi connectivity index (χ2n) is 5.22. The van der Waals surface area contributed by atoms with Crippen molar-refractivity contribution in [2.24, 2.45) is 0 Å². The van der Waals surface area contributed by atoms with Crippen LogP contribution in [0.3, 0.4) is 0 Å². The third kappa shape index (κ3) is 1.89. The van der Waals surface area contributed by atoms with E-state index in [2.05, 4.69) is 41.8 Å². The predicted octanol–water partition coefficient (Wildman–Crippen LogP) is 2.76. The number of methoxy groups -OCH3 is 1. The van der Waals surface area contributed by atoms with Gasteiger partial charge in [-0.25, -0.2) is 0 Å². The Hall–Kier alpha value is -0.870. The number of nitrogens with one attached hydrogen (secondary N) is 2. The first-order valence-electron chi connectivity index (χ1n) is 5.93. The third-order valence-corrected chi connectivity index (χ3v) is 5.06. The van der Waals surface area contributed by atoms with E-state index in [9.17, 15) is 0 Å². The van der Waals surface area contributed by atoms with Crippen LogP contribution in [0.5, 0.6) is 0 Å². The number of benzene rings is 1. The van der Waals surface area contributed by atoms with Crippen LogP contribution in [0.1, 0.15) is 13.3 Å². The molecule has 17 heavy (non-hydrogen) atoms. The minimum Gasteiger partial charge on any atom is -0.377 e. The second-order valence-corrected chi connectivity index (χ2v) is 6.21. The monoisotopic (exact) mass is 250 g/mol. The number of fused-ring (bicyclic) bond motifs is 3. The van der Waals surface area contributed by atoms with E-state index in [0.29, 0.717) is 0 Å². The highest BCUT2D eigenvalue weighted by molar-refractivity contribution is 7.99. The summed E-state index contributed by atoms with van der Waals surface area (Å²) in [5.74, 6) is 2.11. The van der Waals surface area contributed by atoms with E-state index in [1.165, 1.54) is 5.69 Å². The smallest absolute Gasteiger partial charge is 0.149 e. The number of ether oxygens (including phenoxy) is 1. The van der Waals surface area contributed by atoms with E-state index in [-0.39, 0.29) is 11.3 Å². The Balaban J connectivity index is 2.07. The number of hydrogen-bond acceptors (Lipinski definition) is 4. The normalized spacial score (nSPS) is 35.2. The molecular weight excluding hydrogens is 232 g/mol. The van der Waals surface area contributed by atoms with E-state index < -0.39 is 0 Å². The van der Waals surface area contributed by atoms with Crippen molar-refractivity contribution in [2.45, 2.75) is 24.6 Å². The third-order valence-electron chi connectivity index (χ3n) is 3.55. The minimum absolute atomic E-state index is 0.0958. The maximum Gasteiger partial charge on any atom is 0.149 e. The van der Waals surface area contributed by atoms with Crippen molar-refractivity contribution in [2.75, 3.05) is 29.2 Å². The molecule has 2 unspecified atom stereocenters. The van der Waals surface area contributed by atoms with Crippen LogP contribution in [0.15, 0.2) is 24.3 Å². The number of thioether (sulfide) groups is 1. The summed E-state index contributed by atoms with van der Waals surface area (Å²) in [6.07, 6.45) is 0.984. The van der Waals surface area contributed by atoms with Gasteiger partial charge in [0.05, 0.1) is 11.4 Å². The average Bonchev–Trinajstić information content (AvgIpc) is 2.39. The fourth-order valence-corrected chi connectivity index (χ4v) is 4.14. The molecule has 0 aromatic heterocycles. The van der Waals surface area contributed by atoms with E-state index in [1.807, 2.05) is 11.8 Å². The summed E-state index contributed by atoms with van der Waals surface area (Å²) < 4.78 is 5.78. The van der Waals surface area contributed by atoms with Crippen LogP contribution in [0, 0.1) is 0 Å². The van der Waals surface area contributed by atoms with Gasteiger partial charge < -0.3 is 15.4 Å². The Morgan fingerprint density at radius 1 is 1.18 bits per heavy atom. The molecule has 0 aliphatic carbocycles. The lowest BCUT2D eigenvalue weighted by Gasteiger charge is -2.43. The van der Waals surface area contributed by atoms with E-state index in [0.717, 1.165) is 23.6 Å². The highest BCUT2D eigenvalue weighted by Crippen LogP contribution is 2.43. The fraction of sp³-hybridized carbons (Fsp3) is 0.538. The van der Waals surface area contributed by atoms with Crippen LogP contribution < -0.4 is 10.6 Å². The molecule has 0 amide bonds. The molecule has 0 saturated carbocycles. The van der Waals surface area contributed by atoms with Crippen molar-refractivity contribution < 1.29 is 4.74 Å². The van der Waals surface area contributed by atoms with Gasteiger partial charge in [-0.2, -0.15) is 11.8 Å². The Kier molecular flexibility index (Phi) is 2.52. The van der Waals surface area contributed by atoms with Crippen LogP contribution in [0.25, 0.3) is 0 Å². The van der Waals surface area contributed by atoms with Gasteiger partial charge in [-0.05, 0) is 19.1 Å². The first-order valence-corrected chi connectivity index (χ1v) is 7.09. The van der Waals surface area contributed by atoms with Crippen LogP contribution >= 0.6 is 11.8 Å². The van der Waals surface area contributed by atoms with Crippen molar-refractivity contribution in [3.63, 3.8) is 0 Å². The maximum absolute atomic E-state index is 5.78. The van der Waals surface area contributed by atoms with Crippen LogP contribution in [0.4, 0.5) is 11.4 Å². The van der Waals surface area contributed by atoms with Gasteiger partial charge in [0.15, 0.2) is 0 Å². The maximum atomic E-state index is 5.78. The topological polar surface area (TPSA) is 33.3 Å². The molecule has 2 aliphatic heterocycles. The zero-order valence-corrected chi connectivity index (χ0v) is 11.1. The summed E-state index contributed by atoms with van der Waals surface area (Å²) in [4.78, 5) is 0. The molecule has 4 heteroatoms. The summed E-state index contributed by atoms with van der Waals surface area (Å²) in [5, 5.41) is 7.24. The largest absolute Gasteiger partial charge is 0.377 e. The molecule has 3 nitrogen and oxygen atoms in total. The number of hydrogen-bond donors (Lipinski definition) is 2. The van der Waals surface area contributed by atoms with Crippen molar-refractivity contribution in [3.8, 4) is 0 Å². The Labute approximate surface area is 106 Å². The van der Waals surface area contributed by atoms with Crippen molar-refractivity contribution in [1.82, 2.24) is 0 Å². The van der Waals surface area contributed by atoms with Crippen molar-refractivity contribution in [3.05, 3.63) is 24.3 Å². The quantitative estimate of drug-likeness (QED) is 0.803. The lowest BCUT2D eigenvalue weighted by Crippen LogP contribution is -2.54. The molecule has 1 aromatic carbocycles. The molecular formula is C13H18N2OS. The zero-order valence-electron chi connectivity index (χ0n) is 10.2. The lowest BCUT2D eigenvalue weighted by atomic mass is 9.93. The Morgan fingerprint density at radius 2 is 1.88 bits per heavy atom. The van der Waals surface area contributed by atoms with Gasteiger partial charge in [0, 0.05) is 30.6 Å². The summed E-state index contributed by atoms with van der Waals surface area (Å²) in [7, 11) is 1.80. The van der Waals surface area contributed by atoms with Gasteiger partial charge in [0.25, 0.3) is 0 Å². The van der Waals surface area contributed by atoms with E-state index >= 15 is 0 Å². The van der Waals surface area contributed by atoms with Gasteiger partial charge in [-0.15, -0.1) is 0 Å². The SMILES string of the molecule is COC12CSCC(C)(C1)Nc1ccccc1N2. The molecule has 2 heterocycles. The predicted molar refractivity (Wildman–Crippen MR) is 73.8 cm³/mol. The first-order chi connectivity index (χ1) is 8.15. The minimum atomic E-state index is -0.239. The number of rotatable bonds is 1.